The van der Waals surface area contributed by atoms with Crippen molar-refractivity contribution >= 4 is 24.0 Å². The summed E-state index contributed by atoms with van der Waals surface area (Å²) < 4.78 is 3.18. The molecule has 1 aromatic rings. The Balaban J connectivity index is 2.19. The fraction of sp³-hybridized carbons (Fsp3) is 0.769. The second-order valence-corrected chi connectivity index (χ2v) is 7.62. The van der Waals surface area contributed by atoms with E-state index in [0.717, 1.165) is 16.6 Å². The van der Waals surface area contributed by atoms with Crippen LogP contribution in [0.3, 0.4) is 0 Å². The molecule has 1 saturated heterocycles. The number of rotatable bonds is 2. The van der Waals surface area contributed by atoms with E-state index in [-0.39, 0.29) is 5.41 Å². The lowest BCUT2D eigenvalue weighted by Crippen LogP contribution is -2.23. The standard InChI is InChI=1S/C13H22N2S2/c1-13(2,3)11-8-14-12(16)15(11)9-10-6-4-5-7-17-10/h8,10H,4-7,9H2,1-3H3,(H,14,16). The van der Waals surface area contributed by atoms with Gasteiger partial charge in [-0.2, -0.15) is 11.8 Å². The smallest absolute Gasteiger partial charge is 0.177 e. The summed E-state index contributed by atoms with van der Waals surface area (Å²) in [6, 6.07) is 0. The first-order chi connectivity index (χ1) is 7.98. The highest BCUT2D eigenvalue weighted by Crippen LogP contribution is 2.29. The van der Waals surface area contributed by atoms with Crippen molar-refractivity contribution in [3.05, 3.63) is 16.7 Å². The molecule has 2 nitrogen and oxygen atoms in total. The summed E-state index contributed by atoms with van der Waals surface area (Å²) in [5, 5.41) is 0.743. The zero-order valence-corrected chi connectivity index (χ0v) is 12.6. The van der Waals surface area contributed by atoms with E-state index in [1.807, 2.05) is 0 Å². The molecule has 0 saturated carbocycles. The van der Waals surface area contributed by atoms with Crippen LogP contribution in [0.15, 0.2) is 6.20 Å². The van der Waals surface area contributed by atoms with Crippen molar-refractivity contribution < 1.29 is 0 Å². The van der Waals surface area contributed by atoms with Gasteiger partial charge in [0, 0.05) is 29.1 Å². The second-order valence-electron chi connectivity index (χ2n) is 5.83. The normalized spacial score (nSPS) is 21.7. The Bertz CT molecular complexity index is 419. The molecule has 0 bridgehead atoms. The number of imidazole rings is 1. The topological polar surface area (TPSA) is 20.7 Å². The minimum absolute atomic E-state index is 0.160. The van der Waals surface area contributed by atoms with Crippen molar-refractivity contribution in [2.24, 2.45) is 0 Å². The van der Waals surface area contributed by atoms with Crippen LogP contribution in [0.25, 0.3) is 0 Å². The summed E-state index contributed by atoms with van der Waals surface area (Å²) in [5.41, 5.74) is 1.49. The molecular formula is C13H22N2S2. The SMILES string of the molecule is CC(C)(C)c1c[nH]c(=S)n1CC1CCCCS1. The lowest BCUT2D eigenvalue weighted by molar-refractivity contribution is 0.495. The number of aromatic amines is 1. The van der Waals surface area contributed by atoms with Gasteiger partial charge < -0.3 is 9.55 Å². The van der Waals surface area contributed by atoms with Crippen molar-refractivity contribution in [2.45, 2.75) is 57.2 Å². The molecule has 2 rings (SSSR count). The number of aromatic nitrogens is 2. The van der Waals surface area contributed by atoms with E-state index in [2.05, 4.69) is 48.3 Å². The van der Waals surface area contributed by atoms with Gasteiger partial charge in [-0.05, 0) is 30.8 Å². The molecule has 0 spiro atoms. The van der Waals surface area contributed by atoms with Gasteiger partial charge >= 0.3 is 0 Å². The highest BCUT2D eigenvalue weighted by atomic mass is 32.2. The summed E-state index contributed by atoms with van der Waals surface area (Å²) in [7, 11) is 0. The van der Waals surface area contributed by atoms with Crippen molar-refractivity contribution in [2.75, 3.05) is 5.75 Å². The second kappa shape index (κ2) is 5.19. The molecule has 0 radical (unpaired) electrons. The first kappa shape index (κ1) is 13.2. The molecule has 0 aromatic carbocycles. The molecule has 0 amide bonds. The van der Waals surface area contributed by atoms with Gasteiger partial charge in [0.15, 0.2) is 4.77 Å². The van der Waals surface area contributed by atoms with Gasteiger partial charge in [-0.15, -0.1) is 0 Å². The van der Waals surface area contributed by atoms with Crippen LogP contribution in [-0.4, -0.2) is 20.6 Å². The molecular weight excluding hydrogens is 248 g/mol. The molecule has 17 heavy (non-hydrogen) atoms. The van der Waals surface area contributed by atoms with Gasteiger partial charge in [-0.3, -0.25) is 0 Å². The first-order valence-corrected chi connectivity index (χ1v) is 7.84. The molecule has 1 N–H and O–H groups in total. The van der Waals surface area contributed by atoms with Gasteiger partial charge in [-0.25, -0.2) is 0 Å². The van der Waals surface area contributed by atoms with E-state index in [9.17, 15) is 0 Å². The average molecular weight is 270 g/mol. The molecule has 1 aliphatic heterocycles. The summed E-state index contributed by atoms with van der Waals surface area (Å²) in [6.45, 7) is 7.81. The molecule has 1 fully saturated rings. The molecule has 0 aliphatic carbocycles. The quantitative estimate of drug-likeness (QED) is 0.816. The number of thioether (sulfide) groups is 1. The number of nitrogens with one attached hydrogen (secondary N) is 1. The summed E-state index contributed by atoms with van der Waals surface area (Å²) in [5.74, 6) is 1.31. The summed E-state index contributed by atoms with van der Waals surface area (Å²) in [4.78, 5) is 3.20. The van der Waals surface area contributed by atoms with Crippen molar-refractivity contribution in [1.29, 1.82) is 0 Å². The van der Waals surface area contributed by atoms with Crippen LogP contribution in [0.4, 0.5) is 0 Å². The Kier molecular flexibility index (Phi) is 4.03. The van der Waals surface area contributed by atoms with Crippen molar-refractivity contribution in [3.8, 4) is 0 Å². The fourth-order valence-electron chi connectivity index (χ4n) is 2.35. The van der Waals surface area contributed by atoms with E-state index < -0.39 is 0 Å². The lowest BCUT2D eigenvalue weighted by Gasteiger charge is -2.26. The third kappa shape index (κ3) is 3.16. The average Bonchev–Trinajstić information content (AvgIpc) is 2.62. The molecule has 4 heteroatoms. The Hall–Kier alpha value is -0.220. The van der Waals surface area contributed by atoms with Crippen molar-refractivity contribution in [3.63, 3.8) is 0 Å². The van der Waals surface area contributed by atoms with Gasteiger partial charge in [0.1, 0.15) is 0 Å². The van der Waals surface area contributed by atoms with Crippen LogP contribution >= 0.6 is 24.0 Å². The Labute approximate surface area is 113 Å². The maximum atomic E-state index is 5.41. The molecule has 96 valence electrons. The molecule has 1 atom stereocenters. The van der Waals surface area contributed by atoms with Crippen LogP contribution in [0.1, 0.15) is 45.7 Å². The minimum atomic E-state index is 0.160. The van der Waals surface area contributed by atoms with Gasteiger partial charge in [-0.1, -0.05) is 27.2 Å². The van der Waals surface area contributed by atoms with Crippen LogP contribution < -0.4 is 0 Å². The lowest BCUT2D eigenvalue weighted by atomic mass is 9.92. The molecule has 2 heterocycles. The maximum absolute atomic E-state index is 5.41. The van der Waals surface area contributed by atoms with E-state index in [1.165, 1.54) is 30.7 Å². The highest BCUT2D eigenvalue weighted by molar-refractivity contribution is 7.99. The Morgan fingerprint density at radius 1 is 1.47 bits per heavy atom. The van der Waals surface area contributed by atoms with Crippen LogP contribution in [-0.2, 0) is 12.0 Å². The highest BCUT2D eigenvalue weighted by Gasteiger charge is 2.22. The van der Waals surface area contributed by atoms with Crippen LogP contribution in [0.2, 0.25) is 0 Å². The summed E-state index contributed by atoms with van der Waals surface area (Å²) in [6.07, 6.45) is 6.17. The summed E-state index contributed by atoms with van der Waals surface area (Å²) >= 11 is 7.52. The largest absolute Gasteiger partial charge is 0.337 e. The number of hydrogen-bond acceptors (Lipinski definition) is 2. The first-order valence-electron chi connectivity index (χ1n) is 6.39. The third-order valence-electron chi connectivity index (χ3n) is 3.30. The zero-order valence-electron chi connectivity index (χ0n) is 11.0. The molecule has 1 aliphatic rings. The third-order valence-corrected chi connectivity index (χ3v) is 5.02. The monoisotopic (exact) mass is 270 g/mol. The van der Waals surface area contributed by atoms with Gasteiger partial charge in [0.2, 0.25) is 0 Å². The van der Waals surface area contributed by atoms with E-state index in [1.54, 1.807) is 0 Å². The Morgan fingerprint density at radius 2 is 2.24 bits per heavy atom. The number of hydrogen-bond donors (Lipinski definition) is 1. The molecule has 1 aromatic heterocycles. The number of H-pyrrole nitrogens is 1. The van der Waals surface area contributed by atoms with Crippen LogP contribution in [0, 0.1) is 4.77 Å². The van der Waals surface area contributed by atoms with Gasteiger partial charge in [0.05, 0.1) is 0 Å². The Morgan fingerprint density at radius 3 is 2.82 bits per heavy atom. The fourth-order valence-corrected chi connectivity index (χ4v) is 3.88. The van der Waals surface area contributed by atoms with Crippen molar-refractivity contribution in [1.82, 2.24) is 9.55 Å². The predicted molar refractivity (Wildman–Crippen MR) is 78.4 cm³/mol. The number of nitrogens with zero attached hydrogens (tertiary/aromatic N) is 1. The van der Waals surface area contributed by atoms with E-state index >= 15 is 0 Å². The minimum Gasteiger partial charge on any atom is -0.337 e. The molecule has 1 unspecified atom stereocenters. The predicted octanol–water partition coefficient (Wildman–Crippen LogP) is 4.13. The van der Waals surface area contributed by atoms with Gasteiger partial charge in [0.25, 0.3) is 0 Å². The zero-order chi connectivity index (χ0) is 12.5. The maximum Gasteiger partial charge on any atom is 0.177 e. The van der Waals surface area contributed by atoms with Crippen LogP contribution in [0.5, 0.6) is 0 Å². The van der Waals surface area contributed by atoms with E-state index in [4.69, 9.17) is 12.2 Å². The van der Waals surface area contributed by atoms with E-state index in [0.29, 0.717) is 0 Å².